The van der Waals surface area contributed by atoms with Gasteiger partial charge in [0.25, 0.3) is 0 Å². The van der Waals surface area contributed by atoms with Gasteiger partial charge in [0.05, 0.1) is 17.7 Å². The highest BCUT2D eigenvalue weighted by atomic mass is 16.5. The summed E-state index contributed by atoms with van der Waals surface area (Å²) >= 11 is 0. The van der Waals surface area contributed by atoms with Crippen LogP contribution in [0.5, 0.6) is 0 Å². The first-order valence-electron chi connectivity index (χ1n) is 7.61. The number of nitrogens with zero attached hydrogens (tertiary/aromatic N) is 2. The van der Waals surface area contributed by atoms with Gasteiger partial charge < -0.3 is 9.84 Å². The Balaban J connectivity index is 1.75. The smallest absolute Gasteiger partial charge is 0.219 e. The van der Waals surface area contributed by atoms with Crippen molar-refractivity contribution < 1.29 is 9.84 Å². The third-order valence-electron chi connectivity index (χ3n) is 4.05. The molecule has 4 heteroatoms. The van der Waals surface area contributed by atoms with E-state index in [4.69, 9.17) is 4.74 Å². The minimum absolute atomic E-state index is 0.0543. The summed E-state index contributed by atoms with van der Waals surface area (Å²) in [7, 11) is 0. The lowest BCUT2D eigenvalue weighted by atomic mass is 10.0. The third kappa shape index (κ3) is 2.47. The fourth-order valence-electron chi connectivity index (χ4n) is 2.93. The summed E-state index contributed by atoms with van der Waals surface area (Å²) in [5.41, 5.74) is 2.73. The van der Waals surface area contributed by atoms with E-state index in [1.807, 2.05) is 60.7 Å². The zero-order chi connectivity index (χ0) is 15.6. The number of pyridine rings is 1. The van der Waals surface area contributed by atoms with Crippen LogP contribution in [-0.2, 0) is 4.74 Å². The molecular weight excluding hydrogens is 288 g/mol. The molecule has 0 aliphatic carbocycles. The number of hydrogen-bond donors (Lipinski definition) is 1. The molecule has 1 N–H and O–H groups in total. The molecule has 2 aromatic carbocycles. The van der Waals surface area contributed by atoms with Gasteiger partial charge in [-0.25, -0.2) is 4.99 Å². The minimum atomic E-state index is -0.300. The lowest BCUT2D eigenvalue weighted by Gasteiger charge is -2.16. The van der Waals surface area contributed by atoms with Gasteiger partial charge in [0, 0.05) is 11.6 Å². The Morgan fingerprint density at radius 3 is 2.61 bits per heavy atom. The number of aliphatic hydroxyl groups is 1. The van der Waals surface area contributed by atoms with Crippen LogP contribution >= 0.6 is 0 Å². The fraction of sp³-hybridized carbons (Fsp3) is 0.158. The summed E-state index contributed by atoms with van der Waals surface area (Å²) in [5, 5.41) is 10.7. The first-order chi connectivity index (χ1) is 11.4. The average molecular weight is 304 g/mol. The Labute approximate surface area is 134 Å². The highest BCUT2D eigenvalue weighted by molar-refractivity contribution is 6.06. The van der Waals surface area contributed by atoms with Crippen LogP contribution in [0, 0.1) is 0 Å². The lowest BCUT2D eigenvalue weighted by molar-refractivity contribution is 0.152. The maximum atomic E-state index is 9.67. The largest absolute Gasteiger partial charge is 0.467 e. The van der Waals surface area contributed by atoms with Crippen LogP contribution in [0.2, 0.25) is 0 Å². The van der Waals surface area contributed by atoms with Gasteiger partial charge in [0.2, 0.25) is 5.90 Å². The van der Waals surface area contributed by atoms with Crippen molar-refractivity contribution >= 4 is 16.8 Å². The van der Waals surface area contributed by atoms with Crippen molar-refractivity contribution in [2.24, 2.45) is 4.99 Å². The summed E-state index contributed by atoms with van der Waals surface area (Å²) in [6.45, 7) is -0.0543. The summed E-state index contributed by atoms with van der Waals surface area (Å²) in [6, 6.07) is 19.4. The Morgan fingerprint density at radius 1 is 0.957 bits per heavy atom. The zero-order valence-corrected chi connectivity index (χ0v) is 12.5. The van der Waals surface area contributed by atoms with Crippen LogP contribution < -0.4 is 0 Å². The van der Waals surface area contributed by atoms with Gasteiger partial charge in [-0.2, -0.15) is 0 Å². The number of hydrogen-bond acceptors (Lipinski definition) is 4. The second-order valence-corrected chi connectivity index (χ2v) is 5.51. The Morgan fingerprint density at radius 2 is 1.78 bits per heavy atom. The van der Waals surface area contributed by atoms with E-state index < -0.39 is 0 Å². The number of aliphatic hydroxyl groups excluding tert-OH is 1. The van der Waals surface area contributed by atoms with Gasteiger partial charge >= 0.3 is 0 Å². The molecule has 1 aromatic heterocycles. The van der Waals surface area contributed by atoms with Crippen LogP contribution in [0.3, 0.4) is 0 Å². The van der Waals surface area contributed by atoms with E-state index in [0.29, 0.717) is 5.90 Å². The monoisotopic (exact) mass is 304 g/mol. The van der Waals surface area contributed by atoms with E-state index >= 15 is 0 Å². The molecule has 4 nitrogen and oxygen atoms in total. The second kappa shape index (κ2) is 5.82. The summed E-state index contributed by atoms with van der Waals surface area (Å²) in [4.78, 5) is 9.04. The average Bonchev–Trinajstić information content (AvgIpc) is 3.06. The van der Waals surface area contributed by atoms with Gasteiger partial charge in [-0.1, -0.05) is 48.5 Å². The van der Waals surface area contributed by atoms with Crippen molar-refractivity contribution in [3.8, 4) is 0 Å². The van der Waals surface area contributed by atoms with Gasteiger partial charge in [-0.3, -0.25) is 4.98 Å². The quantitative estimate of drug-likeness (QED) is 0.809. The molecule has 2 heterocycles. The van der Waals surface area contributed by atoms with Crippen molar-refractivity contribution in [1.29, 1.82) is 0 Å². The van der Waals surface area contributed by atoms with E-state index in [1.165, 1.54) is 0 Å². The lowest BCUT2D eigenvalue weighted by Crippen LogP contribution is -2.17. The first kappa shape index (κ1) is 13.9. The number of aliphatic imine (C=N–C) groups is 1. The molecule has 0 amide bonds. The van der Waals surface area contributed by atoms with Crippen molar-refractivity contribution in [3.63, 3.8) is 0 Å². The number of fused-ring (bicyclic) bond motifs is 1. The molecule has 0 fully saturated rings. The molecule has 114 valence electrons. The van der Waals surface area contributed by atoms with Gasteiger partial charge in [-0.15, -0.1) is 0 Å². The SMILES string of the molecule is OC[C@@H]1N=C(c2cccc3cccnc23)O[C@H]1c1ccccc1. The maximum Gasteiger partial charge on any atom is 0.219 e. The van der Waals surface area contributed by atoms with E-state index in [-0.39, 0.29) is 18.8 Å². The number of para-hydroxylation sites is 1. The maximum absolute atomic E-state index is 9.67. The van der Waals surface area contributed by atoms with Gasteiger partial charge in [0.1, 0.15) is 6.04 Å². The van der Waals surface area contributed by atoms with Crippen LogP contribution in [0.1, 0.15) is 17.2 Å². The zero-order valence-electron chi connectivity index (χ0n) is 12.5. The van der Waals surface area contributed by atoms with Crippen LogP contribution in [0.15, 0.2) is 71.9 Å². The first-order valence-corrected chi connectivity index (χ1v) is 7.61. The van der Waals surface area contributed by atoms with E-state index in [2.05, 4.69) is 9.98 Å². The summed E-state index contributed by atoms with van der Waals surface area (Å²) in [6.07, 6.45) is 1.50. The van der Waals surface area contributed by atoms with Crippen LogP contribution in [-0.4, -0.2) is 28.6 Å². The Bertz CT molecular complexity index is 856. The second-order valence-electron chi connectivity index (χ2n) is 5.51. The molecule has 0 spiro atoms. The molecule has 4 rings (SSSR count). The van der Waals surface area contributed by atoms with E-state index in [9.17, 15) is 5.11 Å². The van der Waals surface area contributed by atoms with E-state index in [1.54, 1.807) is 6.20 Å². The molecule has 0 bridgehead atoms. The number of rotatable bonds is 3. The molecule has 1 aliphatic rings. The van der Waals surface area contributed by atoms with Crippen molar-refractivity contribution in [2.75, 3.05) is 6.61 Å². The molecule has 3 aromatic rings. The fourth-order valence-corrected chi connectivity index (χ4v) is 2.93. The normalized spacial score (nSPS) is 20.3. The molecule has 0 unspecified atom stereocenters. The predicted molar refractivity (Wildman–Crippen MR) is 89.4 cm³/mol. The Hall–Kier alpha value is -2.72. The van der Waals surface area contributed by atoms with Gasteiger partial charge in [-0.05, 0) is 17.7 Å². The molecular formula is C19H16N2O2. The molecule has 0 saturated carbocycles. The highest BCUT2D eigenvalue weighted by Crippen LogP contribution is 2.32. The molecule has 2 atom stereocenters. The van der Waals surface area contributed by atoms with Crippen LogP contribution in [0.25, 0.3) is 10.9 Å². The highest BCUT2D eigenvalue weighted by Gasteiger charge is 2.33. The minimum Gasteiger partial charge on any atom is -0.467 e. The molecule has 23 heavy (non-hydrogen) atoms. The Kier molecular flexibility index (Phi) is 3.52. The van der Waals surface area contributed by atoms with Crippen molar-refractivity contribution in [1.82, 2.24) is 4.98 Å². The summed E-state index contributed by atoms with van der Waals surface area (Å²) < 4.78 is 6.10. The topological polar surface area (TPSA) is 54.7 Å². The number of benzene rings is 2. The number of aromatic nitrogens is 1. The van der Waals surface area contributed by atoms with Crippen molar-refractivity contribution in [3.05, 3.63) is 78.0 Å². The predicted octanol–water partition coefficient (Wildman–Crippen LogP) is 3.11. The molecule has 0 radical (unpaired) electrons. The summed E-state index contributed by atoms with van der Waals surface area (Å²) in [5.74, 6) is 0.544. The standard InChI is InChI=1S/C19H16N2O2/c22-12-16-18(14-6-2-1-3-7-14)23-19(21-16)15-10-4-8-13-9-5-11-20-17(13)15/h1-11,16,18,22H,12H2/t16-,18-/m0/s1. The van der Waals surface area contributed by atoms with E-state index in [0.717, 1.165) is 22.0 Å². The third-order valence-corrected chi connectivity index (χ3v) is 4.05. The van der Waals surface area contributed by atoms with Gasteiger partial charge in [0.15, 0.2) is 6.10 Å². The molecule has 0 saturated heterocycles. The van der Waals surface area contributed by atoms with Crippen LogP contribution in [0.4, 0.5) is 0 Å². The molecule has 1 aliphatic heterocycles. The van der Waals surface area contributed by atoms with Crippen molar-refractivity contribution in [2.45, 2.75) is 12.1 Å². The number of ether oxygens (including phenoxy) is 1.